The van der Waals surface area contributed by atoms with Crippen molar-refractivity contribution in [1.82, 2.24) is 10.6 Å². The molecule has 3 aromatic rings. The maximum Gasteiger partial charge on any atom is 0.307 e. The molecule has 14 bridgehead atoms. The number of hydrogen-bond acceptors (Lipinski definition) is 5. The summed E-state index contributed by atoms with van der Waals surface area (Å²) in [5.74, 6) is 4.72. The number of nitrogens with one attached hydrogen (secondary N) is 2. The molecule has 5 N–H and O–H groups in total. The maximum atomic E-state index is 15.2. The summed E-state index contributed by atoms with van der Waals surface area (Å²) in [5, 5.41) is 49.8. The van der Waals surface area contributed by atoms with Crippen LogP contribution in [-0.2, 0) is 11.2 Å². The number of aliphatic carboxylic acids is 1. The molecule has 21 rings (SSSR count). The van der Waals surface area contributed by atoms with Crippen molar-refractivity contribution in [2.45, 2.75) is 206 Å². The van der Waals surface area contributed by atoms with Crippen LogP contribution >= 0.6 is 0 Å². The van der Waals surface area contributed by atoms with Gasteiger partial charge in [0.1, 0.15) is 0 Å². The van der Waals surface area contributed by atoms with E-state index in [1.54, 1.807) is 16.7 Å². The number of aliphatic hydroxyl groups is 2. The summed E-state index contributed by atoms with van der Waals surface area (Å²) in [4.78, 5) is 15.2. The summed E-state index contributed by atoms with van der Waals surface area (Å²) in [6, 6.07) is 30.4. The third-order valence-electron chi connectivity index (χ3n) is 30.8. The molecule has 0 radical (unpaired) electrons. The van der Waals surface area contributed by atoms with Crippen LogP contribution < -0.4 is 21.1 Å². The number of aliphatic hydroxyl groups excluding tert-OH is 2. The Hall–Kier alpha value is -5.43. The second-order valence-electron chi connectivity index (χ2n) is 34.9. The number of carboxylic acids is 1. The van der Waals surface area contributed by atoms with Gasteiger partial charge in [-0.15, -0.1) is 0 Å². The number of dihydropyridines is 1. The number of fused-ring (bicyclic) bond motifs is 4. The van der Waals surface area contributed by atoms with Crippen molar-refractivity contribution >= 4 is 23.2 Å². The molecule has 3 spiro atoms. The van der Waals surface area contributed by atoms with Gasteiger partial charge in [0.05, 0.1) is 23.9 Å². The zero-order valence-corrected chi connectivity index (χ0v) is 56.8. The molecule has 6 saturated carbocycles. The Balaban J connectivity index is 0.862. The predicted molar refractivity (Wildman–Crippen MR) is 376 cm³/mol. The van der Waals surface area contributed by atoms with Gasteiger partial charge in [0, 0.05) is 46.1 Å². The van der Waals surface area contributed by atoms with E-state index in [0.29, 0.717) is 66.6 Å². The largest absolute Gasteiger partial charge is 0.481 e. The van der Waals surface area contributed by atoms with E-state index in [-0.39, 0.29) is 39.4 Å². The zero-order valence-electron chi connectivity index (χ0n) is 56.8. The molecule has 12 aliphatic carbocycles. The normalized spacial score (nSPS) is 42.9. The molecule has 0 aromatic heterocycles. The van der Waals surface area contributed by atoms with Gasteiger partial charge >= 0.3 is 5.97 Å². The van der Waals surface area contributed by atoms with Gasteiger partial charge in [0.15, 0.2) is 0 Å². The van der Waals surface area contributed by atoms with Crippen LogP contribution in [0, 0.1) is 103 Å². The average Bonchev–Trinajstić information content (AvgIpc) is 1.61. The smallest absolute Gasteiger partial charge is 0.307 e. The first-order valence-corrected chi connectivity index (χ1v) is 38.0. The Kier molecular flexibility index (Phi) is 14.9. The van der Waals surface area contributed by atoms with Crippen molar-refractivity contribution in [3.05, 3.63) is 183 Å². The van der Waals surface area contributed by atoms with E-state index in [9.17, 15) is 15.3 Å². The number of carbonyl (C=O) groups is 1. The molecular formula is C87H108N2O4. The summed E-state index contributed by atoms with van der Waals surface area (Å²) in [6.45, 7) is 16.6. The van der Waals surface area contributed by atoms with Crippen LogP contribution in [0.4, 0.5) is 0 Å². The highest BCUT2D eigenvalue weighted by atomic mass is 16.4. The van der Waals surface area contributed by atoms with Crippen molar-refractivity contribution < 1.29 is 20.1 Å². The van der Waals surface area contributed by atoms with Crippen LogP contribution in [0.5, 0.6) is 0 Å². The molecule has 19 atom stereocenters. The third-order valence-corrected chi connectivity index (χ3v) is 30.8. The molecule has 0 unspecified atom stereocenters. The number of benzene rings is 3. The van der Waals surface area contributed by atoms with Crippen molar-refractivity contribution in [3.63, 3.8) is 0 Å². The van der Waals surface area contributed by atoms with Gasteiger partial charge in [-0.25, -0.2) is 0 Å². The number of rotatable bonds is 6. The van der Waals surface area contributed by atoms with E-state index in [4.69, 9.17) is 6.58 Å². The fourth-order valence-electron chi connectivity index (χ4n) is 27.2. The highest BCUT2D eigenvalue weighted by Crippen LogP contribution is 2.86. The zero-order chi connectivity index (χ0) is 63.4. The van der Waals surface area contributed by atoms with Crippen molar-refractivity contribution in [3.8, 4) is 0 Å². The van der Waals surface area contributed by atoms with E-state index >= 15 is 4.79 Å². The van der Waals surface area contributed by atoms with Crippen LogP contribution in [0.25, 0.3) is 17.2 Å². The molecule has 3 aromatic carbocycles. The summed E-state index contributed by atoms with van der Waals surface area (Å²) in [5.41, 5.74) is 10.2. The first kappa shape index (κ1) is 61.2. The molecule has 93 heavy (non-hydrogen) atoms. The number of carboxylic acid groups (broad SMARTS) is 1. The number of allylic oxidation sites excluding steroid dienone is 10. The first-order valence-electron chi connectivity index (χ1n) is 38.0. The summed E-state index contributed by atoms with van der Waals surface area (Å²) >= 11 is 0. The minimum absolute atomic E-state index is 0.104. The first-order chi connectivity index (χ1) is 45.0. The predicted octanol–water partition coefficient (Wildman–Crippen LogP) is 17.1. The molecule has 6 fully saturated rings. The maximum absolute atomic E-state index is 15.2. The molecule has 6 heterocycles. The van der Waals surface area contributed by atoms with Crippen LogP contribution in [0.3, 0.4) is 0 Å². The van der Waals surface area contributed by atoms with Gasteiger partial charge in [-0.3, -0.25) is 4.79 Å². The third kappa shape index (κ3) is 8.91. The van der Waals surface area contributed by atoms with E-state index in [2.05, 4.69) is 166 Å². The SMILES string of the molecule is C=C1CC[C@@H](C(=O)O)[C@@]23C=C[C@H]4[C@H](CC[C@]45C[C@H]4C[C@@H](CCC(C)C)[C@H](c6ccccc6)C[C@@H]4C5)[C@]4(C[C@H]2O)C2=C(CC[C@]34C)[C@]34CC[C@H](O)[C@@]5(C)CC=C[C@@](C=C6C(=c7ccccc7=C[C@@H]63)Cc3cccc(c3)C3=CC=C(NCCC[C@H]1C1CCCCC1)NC3)(C2)[C@@H]54. The number of hydrogen-bond donors (Lipinski definition) is 5. The Morgan fingerprint density at radius 2 is 1.58 bits per heavy atom. The standard InChI is InChI=1S/C87H108N2O4/c1-54(2)26-28-61-45-63-48-83(49-64(63)46-67(61)58-20-10-7-11-21-58)39-33-72-70(83)34-41-86-73(79(92)93)30-27-55(3)65(57-18-8-6-9-19-57)25-15-42-88-78-31-29-62(53-89-78)59-23-14-17-56(43-59)44-68-66-24-13-12-22-60(66)47-74-69(68)50-84-37-16-36-81(4)76(90)35-40-85(74,80(81)84)71-32-38-82(86,5)87(72,52-77(86)91)75(71)51-84/h7,10-14,16-17,20-24,29,31,34,37,41,43,47,50,54,57,61,63-65,67,70,72-74,76-77,80,88-91H,3,6,8-9,15,18-19,25-28,30,32-33,35-36,38-40,42,44-46,48-49,51-53H2,1-2,4-5H3,(H,92,93)/t61-,63-,64-,65-,67+,70+,72+,73+,74+,76+,77-,80-,81-,82-,83-,84-,85-,86+,87-/m1/s1. The minimum atomic E-state index is -0.980. The summed E-state index contributed by atoms with van der Waals surface area (Å²) < 4.78 is 0. The monoisotopic (exact) mass is 1240 g/mol. The highest BCUT2D eigenvalue weighted by molar-refractivity contribution is 5.78. The lowest BCUT2D eigenvalue weighted by molar-refractivity contribution is -0.168. The molecule has 6 heteroatoms. The quantitative estimate of drug-likeness (QED) is 0.158. The Labute approximate surface area is 556 Å². The average molecular weight is 1250 g/mol. The van der Waals surface area contributed by atoms with Gasteiger partial charge in [-0.1, -0.05) is 198 Å². The molecular weight excluding hydrogens is 1140 g/mol. The van der Waals surface area contributed by atoms with Gasteiger partial charge in [0.25, 0.3) is 0 Å². The molecule has 490 valence electrons. The lowest BCUT2D eigenvalue weighted by Crippen LogP contribution is -2.68. The highest BCUT2D eigenvalue weighted by Gasteiger charge is 2.81. The van der Waals surface area contributed by atoms with E-state index in [0.717, 1.165) is 83.1 Å². The van der Waals surface area contributed by atoms with Gasteiger partial charge in [-0.05, 0) is 255 Å². The van der Waals surface area contributed by atoms with E-state index in [1.807, 2.05) is 0 Å². The molecule has 6 nitrogen and oxygen atoms in total. The van der Waals surface area contributed by atoms with Crippen LogP contribution in [0.15, 0.2) is 156 Å². The molecule has 18 aliphatic rings. The van der Waals surface area contributed by atoms with Crippen LogP contribution in [0.1, 0.15) is 204 Å². The molecule has 0 amide bonds. The van der Waals surface area contributed by atoms with Gasteiger partial charge < -0.3 is 26.0 Å². The van der Waals surface area contributed by atoms with E-state index in [1.165, 1.54) is 121 Å². The Bertz CT molecular complexity index is 3840. The Morgan fingerprint density at radius 1 is 0.763 bits per heavy atom. The van der Waals surface area contributed by atoms with Crippen molar-refractivity contribution in [2.75, 3.05) is 13.1 Å². The lowest BCUT2D eigenvalue weighted by atomic mass is 9.30. The topological polar surface area (TPSA) is 102 Å². The van der Waals surface area contributed by atoms with E-state index < -0.39 is 40.3 Å². The second kappa shape index (κ2) is 22.6. The van der Waals surface area contributed by atoms with Crippen molar-refractivity contribution in [1.29, 1.82) is 0 Å². The van der Waals surface area contributed by atoms with Gasteiger partial charge in [0.2, 0.25) is 0 Å². The van der Waals surface area contributed by atoms with Crippen molar-refractivity contribution in [2.24, 2.45) is 103 Å². The second-order valence-corrected chi connectivity index (χ2v) is 34.9. The van der Waals surface area contributed by atoms with Crippen LogP contribution in [0.2, 0.25) is 0 Å². The summed E-state index contributed by atoms with van der Waals surface area (Å²) in [6.07, 6.45) is 45.6. The molecule has 0 saturated heterocycles. The molecule has 6 aliphatic heterocycles. The van der Waals surface area contributed by atoms with Gasteiger partial charge in [-0.2, -0.15) is 0 Å². The summed E-state index contributed by atoms with van der Waals surface area (Å²) in [7, 11) is 0. The fraction of sp³-hybridized carbons (Fsp3) is 0.598. The lowest BCUT2D eigenvalue weighted by Gasteiger charge is -2.73. The fourth-order valence-corrected chi connectivity index (χ4v) is 27.2. The van der Waals surface area contributed by atoms with Crippen LogP contribution in [-0.4, -0.2) is 46.6 Å². The Morgan fingerprint density at radius 3 is 2.39 bits per heavy atom. The minimum Gasteiger partial charge on any atom is -0.481 e.